The summed E-state index contributed by atoms with van der Waals surface area (Å²) in [4.78, 5) is 11.4. The van der Waals surface area contributed by atoms with Crippen LogP contribution < -0.4 is 0 Å². The molecule has 0 saturated heterocycles. The lowest BCUT2D eigenvalue weighted by Crippen LogP contribution is -2.58. The maximum absolute atomic E-state index is 14.1. The minimum absolute atomic E-state index is 0.0188. The molecule has 1 rings (SSSR count). The van der Waals surface area contributed by atoms with Gasteiger partial charge in [-0.05, 0) is 32.6 Å². The van der Waals surface area contributed by atoms with Crippen molar-refractivity contribution in [3.63, 3.8) is 0 Å². The zero-order chi connectivity index (χ0) is 23.1. The summed E-state index contributed by atoms with van der Waals surface area (Å²) in [6, 6.07) is 0. The first kappa shape index (κ1) is 25.6. The van der Waals surface area contributed by atoms with Gasteiger partial charge in [-0.15, -0.1) is 0 Å². The summed E-state index contributed by atoms with van der Waals surface area (Å²) in [5.74, 6) is -8.94. The molecule has 2 atom stereocenters. The van der Waals surface area contributed by atoms with Crippen molar-refractivity contribution < 1.29 is 62.4 Å². The van der Waals surface area contributed by atoms with Crippen LogP contribution in [0.4, 0.5) is 35.1 Å². The Hall–Kier alpha value is -1.48. The Balaban J connectivity index is 3.07. The van der Waals surface area contributed by atoms with Gasteiger partial charge in [0.25, 0.3) is 0 Å². The molecular formula is C14H16F8O6S. The van der Waals surface area contributed by atoms with Crippen molar-refractivity contribution in [1.82, 2.24) is 0 Å². The first-order valence-electron chi connectivity index (χ1n) is 7.81. The van der Waals surface area contributed by atoms with E-state index in [4.69, 9.17) is 9.29 Å². The van der Waals surface area contributed by atoms with Crippen LogP contribution in [0.25, 0.3) is 0 Å². The maximum Gasteiger partial charge on any atom is 0.460 e. The molecule has 29 heavy (non-hydrogen) atoms. The van der Waals surface area contributed by atoms with Gasteiger partial charge in [0.05, 0.1) is 0 Å². The van der Waals surface area contributed by atoms with Crippen molar-refractivity contribution >= 4 is 16.1 Å². The third-order valence-corrected chi connectivity index (χ3v) is 4.95. The summed E-state index contributed by atoms with van der Waals surface area (Å²) in [6.07, 6.45) is -16.1. The van der Waals surface area contributed by atoms with E-state index in [0.717, 1.165) is 0 Å². The number of hydrogen-bond donors (Lipinski definition) is 1. The fourth-order valence-corrected chi connectivity index (χ4v) is 2.85. The highest BCUT2D eigenvalue weighted by Gasteiger charge is 2.75. The minimum atomic E-state index is -6.99. The van der Waals surface area contributed by atoms with Gasteiger partial charge in [-0.2, -0.15) is 43.5 Å². The number of alkyl halides is 8. The predicted molar refractivity (Wildman–Crippen MR) is 79.1 cm³/mol. The Labute approximate surface area is 159 Å². The first-order valence-corrected chi connectivity index (χ1v) is 9.25. The van der Waals surface area contributed by atoms with Gasteiger partial charge < -0.3 is 4.74 Å². The van der Waals surface area contributed by atoms with Crippen molar-refractivity contribution in [3.8, 4) is 0 Å². The van der Waals surface area contributed by atoms with Gasteiger partial charge in [0.15, 0.2) is 0 Å². The first-order chi connectivity index (χ1) is 12.8. The van der Waals surface area contributed by atoms with Gasteiger partial charge in [0.2, 0.25) is 0 Å². The Bertz CT molecular complexity index is 751. The van der Waals surface area contributed by atoms with E-state index in [1.807, 2.05) is 0 Å². The molecule has 0 amide bonds. The van der Waals surface area contributed by atoms with Crippen molar-refractivity contribution in [1.29, 1.82) is 0 Å². The molecule has 0 aromatic rings. The van der Waals surface area contributed by atoms with Gasteiger partial charge >= 0.3 is 39.5 Å². The maximum atomic E-state index is 14.1. The summed E-state index contributed by atoms with van der Waals surface area (Å²) >= 11 is 0. The van der Waals surface area contributed by atoms with Crippen molar-refractivity contribution in [2.75, 3.05) is 0 Å². The lowest BCUT2D eigenvalue weighted by atomic mass is 9.82. The molecule has 0 aliphatic heterocycles. The van der Waals surface area contributed by atoms with Gasteiger partial charge in [0.1, 0.15) is 6.10 Å². The third-order valence-electron chi connectivity index (χ3n) is 4.07. The summed E-state index contributed by atoms with van der Waals surface area (Å²) in [7, 11) is -6.99. The van der Waals surface area contributed by atoms with Crippen LogP contribution in [0, 0.1) is 5.92 Å². The van der Waals surface area contributed by atoms with Crippen LogP contribution in [0.15, 0.2) is 12.2 Å². The van der Waals surface area contributed by atoms with Gasteiger partial charge in [-0.1, -0.05) is 6.58 Å². The average molecular weight is 464 g/mol. The SMILES string of the molecule is C=C(C)C(=O)OC1CCCC(C(F)(F)C(F)(F)OC(F)(F)C(F)(F)S(=O)(=O)O)C1. The molecule has 1 aliphatic carbocycles. The van der Waals surface area contributed by atoms with Crippen molar-refractivity contribution in [2.24, 2.45) is 5.92 Å². The molecule has 1 fully saturated rings. The van der Waals surface area contributed by atoms with E-state index < -0.39 is 64.3 Å². The summed E-state index contributed by atoms with van der Waals surface area (Å²) in [6.45, 7) is 4.44. The quantitative estimate of drug-likeness (QED) is 0.253. The fraction of sp³-hybridized carbons (Fsp3) is 0.786. The van der Waals surface area contributed by atoms with E-state index in [0.29, 0.717) is 0 Å². The lowest BCUT2D eigenvalue weighted by Gasteiger charge is -2.38. The largest absolute Gasteiger partial charge is 0.460 e. The van der Waals surface area contributed by atoms with E-state index >= 15 is 0 Å². The Morgan fingerprint density at radius 2 is 1.55 bits per heavy atom. The fourth-order valence-electron chi connectivity index (χ4n) is 2.51. The van der Waals surface area contributed by atoms with E-state index in [-0.39, 0.29) is 18.4 Å². The molecule has 6 nitrogen and oxygen atoms in total. The number of carbonyl (C=O) groups is 1. The van der Waals surface area contributed by atoms with Crippen molar-refractivity contribution in [2.45, 2.75) is 62.1 Å². The lowest BCUT2D eigenvalue weighted by molar-refractivity contribution is -0.463. The van der Waals surface area contributed by atoms with Crippen LogP contribution in [-0.4, -0.2) is 48.4 Å². The Morgan fingerprint density at radius 1 is 1.03 bits per heavy atom. The van der Waals surface area contributed by atoms with Crippen LogP contribution in [0.1, 0.15) is 32.6 Å². The molecular weight excluding hydrogens is 448 g/mol. The zero-order valence-corrected chi connectivity index (χ0v) is 15.4. The second kappa shape index (κ2) is 7.98. The number of hydrogen-bond acceptors (Lipinski definition) is 5. The van der Waals surface area contributed by atoms with E-state index in [1.165, 1.54) is 6.92 Å². The molecule has 1 N–H and O–H groups in total. The minimum Gasteiger partial charge on any atom is -0.459 e. The van der Waals surface area contributed by atoms with Crippen LogP contribution in [0.3, 0.4) is 0 Å². The second-order valence-corrected chi connectivity index (χ2v) is 7.88. The second-order valence-electron chi connectivity index (χ2n) is 6.42. The molecule has 1 saturated carbocycles. The molecule has 0 heterocycles. The normalized spacial score (nSPS) is 22.3. The molecule has 0 aromatic carbocycles. The highest BCUT2D eigenvalue weighted by molar-refractivity contribution is 7.86. The van der Waals surface area contributed by atoms with E-state index in [1.54, 1.807) is 0 Å². The van der Waals surface area contributed by atoms with Crippen LogP contribution in [0.5, 0.6) is 0 Å². The molecule has 0 radical (unpaired) electrons. The number of ether oxygens (including phenoxy) is 2. The average Bonchev–Trinajstić information content (AvgIpc) is 2.52. The molecule has 0 spiro atoms. The highest BCUT2D eigenvalue weighted by Crippen LogP contribution is 2.51. The Morgan fingerprint density at radius 3 is 2.00 bits per heavy atom. The standard InChI is InChI=1S/C14H16F8O6S/c1-7(2)10(23)27-9-5-3-4-8(6-9)11(15,16)12(17,18)28-13(19,20)14(21,22)29(24,25)26/h8-9H,1,3-6H2,2H3,(H,24,25,26). The summed E-state index contributed by atoms with van der Waals surface area (Å²) < 4.78 is 144. The predicted octanol–water partition coefficient (Wildman–Crippen LogP) is 3.98. The molecule has 15 heteroatoms. The third kappa shape index (κ3) is 5.17. The van der Waals surface area contributed by atoms with Gasteiger partial charge in [-0.3, -0.25) is 4.55 Å². The molecule has 2 unspecified atom stereocenters. The Kier molecular flexibility index (Phi) is 7.03. The van der Waals surface area contributed by atoms with Crippen LogP contribution in [-0.2, 0) is 24.4 Å². The molecule has 0 aromatic heterocycles. The molecule has 170 valence electrons. The van der Waals surface area contributed by atoms with Gasteiger partial charge in [0, 0.05) is 11.5 Å². The summed E-state index contributed by atoms with van der Waals surface area (Å²) in [5, 5.41) is -6.63. The van der Waals surface area contributed by atoms with Crippen LogP contribution in [0.2, 0.25) is 0 Å². The number of carbonyl (C=O) groups excluding carboxylic acids is 1. The molecule has 0 bridgehead atoms. The monoisotopic (exact) mass is 464 g/mol. The smallest absolute Gasteiger partial charge is 0.459 e. The topological polar surface area (TPSA) is 89.9 Å². The molecule has 1 aliphatic rings. The van der Waals surface area contributed by atoms with Crippen molar-refractivity contribution in [3.05, 3.63) is 12.2 Å². The van der Waals surface area contributed by atoms with Gasteiger partial charge in [-0.25, -0.2) is 9.53 Å². The highest BCUT2D eigenvalue weighted by atomic mass is 32.2. The number of halogens is 8. The number of rotatable bonds is 8. The number of esters is 1. The van der Waals surface area contributed by atoms with Crippen LogP contribution >= 0.6 is 0 Å². The van der Waals surface area contributed by atoms with E-state index in [2.05, 4.69) is 11.3 Å². The zero-order valence-electron chi connectivity index (χ0n) is 14.6. The van der Waals surface area contributed by atoms with E-state index in [9.17, 15) is 48.3 Å². The summed E-state index contributed by atoms with van der Waals surface area (Å²) in [5.41, 5.74) is -0.125.